The van der Waals surface area contributed by atoms with Gasteiger partial charge in [0.1, 0.15) is 0 Å². The second-order valence-corrected chi connectivity index (χ2v) is 4.86. The van der Waals surface area contributed by atoms with E-state index in [0.717, 1.165) is 5.56 Å². The summed E-state index contributed by atoms with van der Waals surface area (Å²) in [4.78, 5) is 22.8. The molecule has 0 aromatic heterocycles. The van der Waals surface area contributed by atoms with E-state index >= 15 is 0 Å². The molecule has 1 aliphatic heterocycles. The van der Waals surface area contributed by atoms with Gasteiger partial charge in [-0.15, -0.1) is 0 Å². The molecule has 0 aliphatic carbocycles. The number of ether oxygens (including phenoxy) is 1. The Morgan fingerprint density at radius 1 is 1.32 bits per heavy atom. The summed E-state index contributed by atoms with van der Waals surface area (Å²) in [6.45, 7) is 2.58. The van der Waals surface area contributed by atoms with E-state index in [2.05, 4.69) is 10.6 Å². The number of carbonyl (C=O) groups is 2. The molecule has 0 atom stereocenters. The lowest BCUT2D eigenvalue weighted by Gasteiger charge is -2.41. The maximum absolute atomic E-state index is 11.9. The summed E-state index contributed by atoms with van der Waals surface area (Å²) in [7, 11) is 0. The van der Waals surface area contributed by atoms with Gasteiger partial charge in [-0.3, -0.25) is 4.79 Å². The molecule has 4 N–H and O–H groups in total. The molecule has 1 heterocycles. The van der Waals surface area contributed by atoms with Crippen LogP contribution in [0.2, 0.25) is 0 Å². The highest BCUT2D eigenvalue weighted by atomic mass is 16.5. The molecule has 0 spiro atoms. The van der Waals surface area contributed by atoms with Crippen LogP contribution in [-0.2, 0) is 9.53 Å². The fourth-order valence-corrected chi connectivity index (χ4v) is 1.94. The van der Waals surface area contributed by atoms with E-state index in [4.69, 9.17) is 10.5 Å². The predicted octanol–water partition coefficient (Wildman–Crippen LogP) is 0.761. The minimum Gasteiger partial charge on any atom is -0.376 e. The zero-order valence-electron chi connectivity index (χ0n) is 10.7. The number of nitrogens with two attached hydrogens (primary N) is 1. The highest BCUT2D eigenvalue weighted by molar-refractivity contribution is 5.90. The number of hydrogen-bond donors (Lipinski definition) is 3. The summed E-state index contributed by atoms with van der Waals surface area (Å²) in [5.74, 6) is -0.459. The summed E-state index contributed by atoms with van der Waals surface area (Å²) in [6.07, 6.45) is 0.0777. The van der Waals surface area contributed by atoms with Gasteiger partial charge in [0.2, 0.25) is 5.91 Å². The van der Waals surface area contributed by atoms with Gasteiger partial charge in [0.05, 0.1) is 25.2 Å². The molecule has 19 heavy (non-hydrogen) atoms. The summed E-state index contributed by atoms with van der Waals surface area (Å²) < 4.78 is 5.06. The summed E-state index contributed by atoms with van der Waals surface area (Å²) in [6, 6.07) is 7.07. The van der Waals surface area contributed by atoms with Crippen molar-refractivity contribution < 1.29 is 14.3 Å². The number of benzene rings is 1. The van der Waals surface area contributed by atoms with Crippen LogP contribution in [-0.4, -0.2) is 30.7 Å². The topological polar surface area (TPSA) is 93.5 Å². The fourth-order valence-electron chi connectivity index (χ4n) is 1.94. The molecule has 102 valence electrons. The number of aryl methyl sites for hydroxylation is 1. The molecule has 1 saturated heterocycles. The van der Waals surface area contributed by atoms with Crippen LogP contribution in [0.15, 0.2) is 24.3 Å². The average Bonchev–Trinajstić information content (AvgIpc) is 2.28. The van der Waals surface area contributed by atoms with Gasteiger partial charge in [0.25, 0.3) is 0 Å². The highest BCUT2D eigenvalue weighted by Gasteiger charge is 2.41. The molecule has 0 radical (unpaired) electrons. The van der Waals surface area contributed by atoms with Crippen molar-refractivity contribution in [2.24, 2.45) is 5.73 Å². The lowest BCUT2D eigenvalue weighted by atomic mass is 9.93. The van der Waals surface area contributed by atoms with Crippen LogP contribution >= 0.6 is 0 Å². The Morgan fingerprint density at radius 3 is 2.42 bits per heavy atom. The molecular weight excluding hydrogens is 246 g/mol. The van der Waals surface area contributed by atoms with Gasteiger partial charge in [-0.05, 0) is 19.1 Å². The highest BCUT2D eigenvalue weighted by Crippen LogP contribution is 2.21. The van der Waals surface area contributed by atoms with Crippen LogP contribution in [0.3, 0.4) is 0 Å². The summed E-state index contributed by atoms with van der Waals surface area (Å²) in [5, 5.41) is 5.46. The zero-order chi connectivity index (χ0) is 13.9. The van der Waals surface area contributed by atoms with E-state index < -0.39 is 11.4 Å². The lowest BCUT2D eigenvalue weighted by molar-refractivity contribution is -0.127. The molecule has 2 rings (SSSR count). The molecule has 1 aliphatic rings. The molecule has 6 nitrogen and oxygen atoms in total. The zero-order valence-corrected chi connectivity index (χ0v) is 10.7. The Hall–Kier alpha value is -2.08. The number of amides is 3. The number of hydrogen-bond acceptors (Lipinski definition) is 3. The Kier molecular flexibility index (Phi) is 3.71. The molecule has 3 amide bonds. The molecule has 1 aromatic carbocycles. The van der Waals surface area contributed by atoms with Gasteiger partial charge in [-0.1, -0.05) is 17.7 Å². The Balaban J connectivity index is 1.93. The van der Waals surface area contributed by atoms with Gasteiger partial charge in [0.15, 0.2) is 0 Å². The molecule has 6 heteroatoms. The van der Waals surface area contributed by atoms with Crippen molar-refractivity contribution in [2.75, 3.05) is 18.5 Å². The molecule has 0 unspecified atom stereocenters. The molecule has 0 bridgehead atoms. The van der Waals surface area contributed by atoms with E-state index in [1.807, 2.05) is 31.2 Å². The van der Waals surface area contributed by atoms with E-state index in [9.17, 15) is 9.59 Å². The van der Waals surface area contributed by atoms with Gasteiger partial charge < -0.3 is 21.1 Å². The average molecular weight is 263 g/mol. The predicted molar refractivity (Wildman–Crippen MR) is 70.7 cm³/mol. The van der Waals surface area contributed by atoms with Crippen LogP contribution in [0.25, 0.3) is 0 Å². The third-order valence-corrected chi connectivity index (χ3v) is 2.96. The maximum atomic E-state index is 11.9. The summed E-state index contributed by atoms with van der Waals surface area (Å²) in [5.41, 5.74) is 6.31. The van der Waals surface area contributed by atoms with E-state index in [0.29, 0.717) is 18.9 Å². The van der Waals surface area contributed by atoms with E-state index in [1.54, 1.807) is 0 Å². The van der Waals surface area contributed by atoms with E-state index in [-0.39, 0.29) is 12.5 Å². The third kappa shape index (κ3) is 3.45. The minimum atomic E-state index is -0.666. The third-order valence-electron chi connectivity index (χ3n) is 2.96. The largest absolute Gasteiger partial charge is 0.376 e. The number of carbonyl (C=O) groups excluding carboxylic acids is 2. The first-order chi connectivity index (χ1) is 8.99. The first-order valence-corrected chi connectivity index (χ1v) is 6.01. The van der Waals surface area contributed by atoms with Crippen molar-refractivity contribution >= 4 is 17.6 Å². The Labute approximate surface area is 111 Å². The van der Waals surface area contributed by atoms with Gasteiger partial charge >= 0.3 is 6.03 Å². The molecule has 1 fully saturated rings. The first-order valence-electron chi connectivity index (χ1n) is 6.01. The normalized spacial score (nSPS) is 16.3. The van der Waals surface area contributed by atoms with E-state index in [1.165, 1.54) is 0 Å². The second-order valence-electron chi connectivity index (χ2n) is 4.86. The Bertz CT molecular complexity index is 480. The van der Waals surface area contributed by atoms with Crippen molar-refractivity contribution in [1.82, 2.24) is 5.32 Å². The van der Waals surface area contributed by atoms with Crippen molar-refractivity contribution in [1.29, 1.82) is 0 Å². The maximum Gasteiger partial charge on any atom is 0.319 e. The number of urea groups is 1. The SMILES string of the molecule is Cc1ccc(NC(=O)NC2(CC(N)=O)COC2)cc1. The van der Waals surface area contributed by atoms with Crippen LogP contribution in [0.5, 0.6) is 0 Å². The number of rotatable bonds is 4. The number of anilines is 1. The van der Waals surface area contributed by atoms with Crippen LogP contribution in [0.4, 0.5) is 10.5 Å². The van der Waals surface area contributed by atoms with Crippen molar-refractivity contribution in [2.45, 2.75) is 18.9 Å². The standard InChI is InChI=1S/C13H17N3O3/c1-9-2-4-10(5-3-9)15-12(18)16-13(6-11(14)17)7-19-8-13/h2-5H,6-8H2,1H3,(H2,14,17)(H2,15,16,18). The van der Waals surface area contributed by atoms with Gasteiger partial charge in [-0.25, -0.2) is 4.79 Å². The van der Waals surface area contributed by atoms with Crippen molar-refractivity contribution in [3.63, 3.8) is 0 Å². The Morgan fingerprint density at radius 2 is 1.95 bits per heavy atom. The molecule has 1 aromatic rings. The van der Waals surface area contributed by atoms with Crippen molar-refractivity contribution in [3.8, 4) is 0 Å². The van der Waals surface area contributed by atoms with Gasteiger partial charge in [0, 0.05) is 5.69 Å². The minimum absolute atomic E-state index is 0.0777. The van der Waals surface area contributed by atoms with Crippen LogP contribution in [0, 0.1) is 6.92 Å². The lowest BCUT2D eigenvalue weighted by Crippen LogP contribution is -2.64. The number of primary amides is 1. The fraction of sp³-hybridized carbons (Fsp3) is 0.385. The quantitative estimate of drug-likeness (QED) is 0.748. The monoisotopic (exact) mass is 263 g/mol. The first kappa shape index (κ1) is 13.4. The number of nitrogens with one attached hydrogen (secondary N) is 2. The second kappa shape index (κ2) is 5.27. The van der Waals surface area contributed by atoms with Crippen LogP contribution < -0.4 is 16.4 Å². The van der Waals surface area contributed by atoms with Gasteiger partial charge in [-0.2, -0.15) is 0 Å². The molecule has 0 saturated carbocycles. The summed E-state index contributed by atoms with van der Waals surface area (Å²) >= 11 is 0. The smallest absolute Gasteiger partial charge is 0.319 e. The van der Waals surface area contributed by atoms with Crippen LogP contribution in [0.1, 0.15) is 12.0 Å². The van der Waals surface area contributed by atoms with Crippen molar-refractivity contribution in [3.05, 3.63) is 29.8 Å². The molecular formula is C13H17N3O3.